The summed E-state index contributed by atoms with van der Waals surface area (Å²) in [5.41, 5.74) is 1.87. The molecule has 100 valence electrons. The van der Waals surface area contributed by atoms with Crippen LogP contribution in [0.25, 0.3) is 5.69 Å². The largest absolute Gasteiger partial charge is 0.381 e. The van der Waals surface area contributed by atoms with Crippen LogP contribution in [0, 0.1) is 5.92 Å². The van der Waals surface area contributed by atoms with Crippen LogP contribution < -0.4 is 5.32 Å². The van der Waals surface area contributed by atoms with Crippen LogP contribution in [0.2, 0.25) is 5.02 Å². The van der Waals surface area contributed by atoms with Gasteiger partial charge in [0.25, 0.3) is 0 Å². The lowest BCUT2D eigenvalue weighted by atomic mass is 10.1. The van der Waals surface area contributed by atoms with E-state index in [0.29, 0.717) is 11.1 Å². The highest BCUT2D eigenvalue weighted by Crippen LogP contribution is 2.35. The molecule has 5 heteroatoms. The summed E-state index contributed by atoms with van der Waals surface area (Å²) in [6.45, 7) is 2.21. The number of rotatable bonds is 5. The van der Waals surface area contributed by atoms with Crippen LogP contribution in [-0.4, -0.2) is 20.8 Å². The molecule has 3 rings (SSSR count). The first-order valence-electron chi connectivity index (χ1n) is 6.64. The fourth-order valence-corrected chi connectivity index (χ4v) is 2.63. The average molecular weight is 277 g/mol. The van der Waals surface area contributed by atoms with E-state index in [0.717, 1.165) is 17.3 Å². The highest BCUT2D eigenvalue weighted by Gasteiger charge is 2.24. The summed E-state index contributed by atoms with van der Waals surface area (Å²) in [7, 11) is 0. The van der Waals surface area contributed by atoms with Gasteiger partial charge in [0.2, 0.25) is 0 Å². The lowest BCUT2D eigenvalue weighted by Gasteiger charge is -2.18. The highest BCUT2D eigenvalue weighted by atomic mass is 35.5. The molecule has 0 radical (unpaired) electrons. The molecule has 1 aliphatic rings. The van der Waals surface area contributed by atoms with E-state index in [-0.39, 0.29) is 0 Å². The molecule has 1 unspecified atom stereocenters. The number of anilines is 1. The summed E-state index contributed by atoms with van der Waals surface area (Å²) >= 11 is 6.29. The molecular weight excluding hydrogens is 260 g/mol. The molecule has 1 saturated carbocycles. The second-order valence-electron chi connectivity index (χ2n) is 5.20. The van der Waals surface area contributed by atoms with Crippen molar-refractivity contribution in [3.8, 4) is 5.69 Å². The molecule has 1 atom stereocenters. The third-order valence-corrected chi connectivity index (χ3v) is 3.73. The van der Waals surface area contributed by atoms with Gasteiger partial charge in [0.1, 0.15) is 18.3 Å². The smallest absolute Gasteiger partial charge is 0.138 e. The van der Waals surface area contributed by atoms with Crippen LogP contribution in [0.15, 0.2) is 30.9 Å². The molecule has 0 amide bonds. The molecule has 0 aliphatic heterocycles. The van der Waals surface area contributed by atoms with Crippen molar-refractivity contribution >= 4 is 17.3 Å². The Morgan fingerprint density at radius 3 is 3.00 bits per heavy atom. The second kappa shape index (κ2) is 5.21. The molecule has 1 aromatic carbocycles. The minimum absolute atomic E-state index is 0.438. The molecule has 2 aromatic rings. The van der Waals surface area contributed by atoms with E-state index >= 15 is 0 Å². The molecule has 1 N–H and O–H groups in total. The van der Waals surface area contributed by atoms with Gasteiger partial charge in [0.15, 0.2) is 0 Å². The van der Waals surface area contributed by atoms with Crippen LogP contribution >= 0.6 is 11.6 Å². The summed E-state index contributed by atoms with van der Waals surface area (Å²) in [6, 6.07) is 6.30. The van der Waals surface area contributed by atoms with Crippen LogP contribution in [0.3, 0.4) is 0 Å². The Kier molecular flexibility index (Phi) is 3.42. The Hall–Kier alpha value is -1.55. The Bertz CT molecular complexity index is 549. The normalized spacial score (nSPS) is 16.3. The van der Waals surface area contributed by atoms with Crippen LogP contribution in [0.1, 0.15) is 26.2 Å². The van der Waals surface area contributed by atoms with E-state index in [1.54, 1.807) is 11.0 Å². The molecule has 0 spiro atoms. The van der Waals surface area contributed by atoms with Crippen molar-refractivity contribution in [1.29, 1.82) is 0 Å². The Morgan fingerprint density at radius 2 is 2.32 bits per heavy atom. The minimum atomic E-state index is 0.438. The number of nitrogens with one attached hydrogen (secondary N) is 1. The third-order valence-electron chi connectivity index (χ3n) is 3.42. The van der Waals surface area contributed by atoms with Gasteiger partial charge in [0, 0.05) is 6.04 Å². The van der Waals surface area contributed by atoms with E-state index in [1.165, 1.54) is 25.6 Å². The van der Waals surface area contributed by atoms with Gasteiger partial charge >= 0.3 is 0 Å². The average Bonchev–Trinajstić information content (AvgIpc) is 3.02. The van der Waals surface area contributed by atoms with Gasteiger partial charge in [-0.2, -0.15) is 5.10 Å². The second-order valence-corrected chi connectivity index (χ2v) is 5.61. The van der Waals surface area contributed by atoms with E-state index in [4.69, 9.17) is 11.6 Å². The molecule has 0 bridgehead atoms. The number of aromatic nitrogens is 3. The molecule has 19 heavy (non-hydrogen) atoms. The fourth-order valence-electron chi connectivity index (χ4n) is 2.37. The standard InChI is InChI=1S/C14H17ClN4/c1-10(7-11-5-6-11)18-13-4-2-3-12(15)14(13)19-9-16-8-17-19/h2-4,8-11,18H,5-7H2,1H3. The molecule has 0 saturated heterocycles. The topological polar surface area (TPSA) is 42.7 Å². The molecular formula is C14H17ClN4. The maximum Gasteiger partial charge on any atom is 0.138 e. The maximum absolute atomic E-state index is 6.29. The molecule has 1 aromatic heterocycles. The van der Waals surface area contributed by atoms with Crippen molar-refractivity contribution in [2.45, 2.75) is 32.2 Å². The van der Waals surface area contributed by atoms with Crippen molar-refractivity contribution in [3.05, 3.63) is 35.9 Å². The van der Waals surface area contributed by atoms with Crippen molar-refractivity contribution in [2.24, 2.45) is 5.92 Å². The van der Waals surface area contributed by atoms with Crippen LogP contribution in [0.5, 0.6) is 0 Å². The first kappa shape index (κ1) is 12.5. The van der Waals surface area contributed by atoms with Crippen molar-refractivity contribution in [3.63, 3.8) is 0 Å². The van der Waals surface area contributed by atoms with Gasteiger partial charge in [-0.05, 0) is 31.4 Å². The zero-order valence-corrected chi connectivity index (χ0v) is 11.6. The van der Waals surface area contributed by atoms with Gasteiger partial charge in [-0.3, -0.25) is 0 Å². The Morgan fingerprint density at radius 1 is 1.47 bits per heavy atom. The van der Waals surface area contributed by atoms with Gasteiger partial charge in [-0.25, -0.2) is 9.67 Å². The summed E-state index contributed by atoms with van der Waals surface area (Å²) in [6.07, 6.45) is 7.14. The maximum atomic E-state index is 6.29. The first-order valence-corrected chi connectivity index (χ1v) is 7.02. The highest BCUT2D eigenvalue weighted by molar-refractivity contribution is 6.33. The summed E-state index contributed by atoms with van der Waals surface area (Å²) in [4.78, 5) is 3.98. The first-order chi connectivity index (χ1) is 9.24. The van der Waals surface area contributed by atoms with Gasteiger partial charge in [-0.1, -0.05) is 30.5 Å². The number of nitrogens with zero attached hydrogens (tertiary/aromatic N) is 3. The quantitative estimate of drug-likeness (QED) is 0.909. The predicted octanol–water partition coefficient (Wildman–Crippen LogP) is 3.52. The minimum Gasteiger partial charge on any atom is -0.381 e. The van der Waals surface area contributed by atoms with Gasteiger partial charge in [-0.15, -0.1) is 0 Å². The zero-order valence-electron chi connectivity index (χ0n) is 10.9. The number of benzene rings is 1. The summed E-state index contributed by atoms with van der Waals surface area (Å²) in [5.74, 6) is 0.900. The van der Waals surface area contributed by atoms with Gasteiger partial charge < -0.3 is 5.32 Å². The van der Waals surface area contributed by atoms with Crippen LogP contribution in [0.4, 0.5) is 5.69 Å². The number of hydrogen-bond acceptors (Lipinski definition) is 3. The SMILES string of the molecule is CC(CC1CC1)Nc1cccc(Cl)c1-n1cncn1. The van der Waals surface area contributed by atoms with E-state index < -0.39 is 0 Å². The summed E-state index contributed by atoms with van der Waals surface area (Å²) < 4.78 is 1.70. The van der Waals surface area contributed by atoms with E-state index in [9.17, 15) is 0 Å². The Labute approximate surface area is 117 Å². The van der Waals surface area contributed by atoms with Crippen LogP contribution in [-0.2, 0) is 0 Å². The molecule has 1 heterocycles. The van der Waals surface area contributed by atoms with Crippen molar-refractivity contribution in [1.82, 2.24) is 14.8 Å². The molecule has 1 aliphatic carbocycles. The monoisotopic (exact) mass is 276 g/mol. The third kappa shape index (κ3) is 2.89. The van der Waals surface area contributed by atoms with Crippen molar-refractivity contribution < 1.29 is 0 Å². The van der Waals surface area contributed by atoms with E-state index in [1.807, 2.05) is 18.2 Å². The summed E-state index contributed by atoms with van der Waals surface area (Å²) in [5, 5.41) is 8.38. The van der Waals surface area contributed by atoms with Crippen molar-refractivity contribution in [2.75, 3.05) is 5.32 Å². The Balaban J connectivity index is 1.85. The molecule has 4 nitrogen and oxygen atoms in total. The number of hydrogen-bond donors (Lipinski definition) is 1. The lowest BCUT2D eigenvalue weighted by molar-refractivity contribution is 0.641. The van der Waals surface area contributed by atoms with Gasteiger partial charge in [0.05, 0.1) is 10.7 Å². The zero-order chi connectivity index (χ0) is 13.2. The fraction of sp³-hybridized carbons (Fsp3) is 0.429. The number of para-hydroxylation sites is 1. The number of halogens is 1. The lowest BCUT2D eigenvalue weighted by Crippen LogP contribution is -2.17. The predicted molar refractivity (Wildman–Crippen MR) is 76.8 cm³/mol. The van der Waals surface area contributed by atoms with E-state index in [2.05, 4.69) is 22.3 Å². The molecule has 1 fully saturated rings.